The van der Waals surface area contributed by atoms with Gasteiger partial charge in [0.1, 0.15) is 0 Å². The lowest BCUT2D eigenvalue weighted by Gasteiger charge is -2.33. The summed E-state index contributed by atoms with van der Waals surface area (Å²) in [6, 6.07) is 5.52. The third-order valence-electron chi connectivity index (χ3n) is 3.54. The molecule has 0 aliphatic rings. The van der Waals surface area contributed by atoms with E-state index < -0.39 is 5.91 Å². The van der Waals surface area contributed by atoms with Crippen LogP contribution in [0.4, 0.5) is 11.4 Å². The number of rotatable bonds is 8. The number of hydrogen-bond acceptors (Lipinski definition) is 4. The van der Waals surface area contributed by atoms with Crippen molar-refractivity contribution < 1.29 is 9.53 Å². The van der Waals surface area contributed by atoms with Crippen molar-refractivity contribution in [2.45, 2.75) is 32.7 Å². The highest BCUT2D eigenvalue weighted by Crippen LogP contribution is 2.28. The number of nitrogen functional groups attached to an aromatic ring is 1. The zero-order chi connectivity index (χ0) is 15.1. The van der Waals surface area contributed by atoms with Crippen molar-refractivity contribution >= 4 is 17.3 Å². The van der Waals surface area contributed by atoms with Gasteiger partial charge in [-0.2, -0.15) is 0 Å². The van der Waals surface area contributed by atoms with E-state index in [1.54, 1.807) is 25.3 Å². The van der Waals surface area contributed by atoms with Crippen LogP contribution in [-0.4, -0.2) is 32.2 Å². The molecule has 5 heteroatoms. The second-order valence-electron chi connectivity index (χ2n) is 4.79. The van der Waals surface area contributed by atoms with Gasteiger partial charge in [-0.25, -0.2) is 0 Å². The monoisotopic (exact) mass is 279 g/mol. The molecule has 1 rings (SSSR count). The number of nitrogens with two attached hydrogens (primary N) is 2. The lowest BCUT2D eigenvalue weighted by atomic mass is 10.1. The second kappa shape index (κ2) is 7.75. The maximum absolute atomic E-state index is 11.3. The van der Waals surface area contributed by atoms with E-state index in [4.69, 9.17) is 16.2 Å². The molecular formula is C15H25N3O2. The molecular weight excluding hydrogens is 254 g/mol. The highest BCUT2D eigenvalue weighted by atomic mass is 16.5. The molecule has 1 aromatic rings. The van der Waals surface area contributed by atoms with E-state index in [0.717, 1.165) is 25.1 Å². The van der Waals surface area contributed by atoms with Crippen molar-refractivity contribution in [3.8, 4) is 0 Å². The van der Waals surface area contributed by atoms with E-state index >= 15 is 0 Å². The molecule has 0 heterocycles. The summed E-state index contributed by atoms with van der Waals surface area (Å²) in [4.78, 5) is 13.5. The van der Waals surface area contributed by atoms with Crippen molar-refractivity contribution in [3.63, 3.8) is 0 Å². The Bertz CT molecular complexity index is 445. The van der Waals surface area contributed by atoms with Crippen molar-refractivity contribution in [3.05, 3.63) is 23.8 Å². The Hall–Kier alpha value is -1.75. The first-order valence-corrected chi connectivity index (χ1v) is 7.00. The molecule has 0 aliphatic carbocycles. The SMILES string of the molecule is CCC(CC)N(CCOC)c1cc(C(N)=O)ccc1N. The number of carbonyl (C=O) groups excluding carboxylic acids is 1. The summed E-state index contributed by atoms with van der Waals surface area (Å²) in [6.07, 6.45) is 2.00. The highest BCUT2D eigenvalue weighted by molar-refractivity contribution is 5.95. The third kappa shape index (κ3) is 3.87. The summed E-state index contributed by atoms with van der Waals surface area (Å²) in [5.41, 5.74) is 13.4. The maximum atomic E-state index is 11.3. The molecule has 20 heavy (non-hydrogen) atoms. The predicted molar refractivity (Wildman–Crippen MR) is 83.0 cm³/mol. The molecule has 112 valence electrons. The van der Waals surface area contributed by atoms with E-state index in [0.29, 0.717) is 23.9 Å². The minimum Gasteiger partial charge on any atom is -0.397 e. The molecule has 0 aliphatic heterocycles. The van der Waals surface area contributed by atoms with Crippen LogP contribution in [0.25, 0.3) is 0 Å². The molecule has 0 unspecified atom stereocenters. The summed E-state index contributed by atoms with van der Waals surface area (Å²) < 4.78 is 5.18. The number of anilines is 2. The lowest BCUT2D eigenvalue weighted by Crippen LogP contribution is -2.37. The van der Waals surface area contributed by atoms with Crippen LogP contribution >= 0.6 is 0 Å². The van der Waals surface area contributed by atoms with Gasteiger partial charge in [-0.15, -0.1) is 0 Å². The number of methoxy groups -OCH3 is 1. The van der Waals surface area contributed by atoms with Crippen LogP contribution in [0.15, 0.2) is 18.2 Å². The van der Waals surface area contributed by atoms with Crippen molar-refractivity contribution in [1.82, 2.24) is 0 Å². The highest BCUT2D eigenvalue weighted by Gasteiger charge is 2.18. The maximum Gasteiger partial charge on any atom is 0.248 e. The number of nitrogens with zero attached hydrogens (tertiary/aromatic N) is 1. The summed E-state index contributed by atoms with van der Waals surface area (Å²) >= 11 is 0. The van der Waals surface area contributed by atoms with Gasteiger partial charge >= 0.3 is 0 Å². The van der Waals surface area contributed by atoms with Gasteiger partial charge in [0.05, 0.1) is 18.0 Å². The number of primary amides is 1. The fourth-order valence-corrected chi connectivity index (χ4v) is 2.36. The normalized spacial score (nSPS) is 10.8. The van der Waals surface area contributed by atoms with Gasteiger partial charge in [0.25, 0.3) is 0 Å². The molecule has 1 aromatic carbocycles. The zero-order valence-corrected chi connectivity index (χ0v) is 12.6. The minimum absolute atomic E-state index is 0.357. The molecule has 0 saturated carbocycles. The van der Waals surface area contributed by atoms with Gasteiger partial charge in [0.15, 0.2) is 0 Å². The Balaban J connectivity index is 3.17. The Morgan fingerprint density at radius 2 is 2.00 bits per heavy atom. The Morgan fingerprint density at radius 1 is 1.35 bits per heavy atom. The van der Waals surface area contributed by atoms with Crippen LogP contribution < -0.4 is 16.4 Å². The summed E-state index contributed by atoms with van der Waals surface area (Å²) in [5, 5.41) is 0. The first-order valence-electron chi connectivity index (χ1n) is 7.00. The number of ether oxygens (including phenoxy) is 1. The Kier molecular flexibility index (Phi) is 6.31. The van der Waals surface area contributed by atoms with Crippen LogP contribution in [0.2, 0.25) is 0 Å². The number of hydrogen-bond donors (Lipinski definition) is 2. The predicted octanol–water partition coefficient (Wildman–Crippen LogP) is 2.01. The van der Waals surface area contributed by atoms with E-state index in [-0.39, 0.29) is 0 Å². The number of amides is 1. The van der Waals surface area contributed by atoms with Crippen molar-refractivity contribution in [1.29, 1.82) is 0 Å². The van der Waals surface area contributed by atoms with E-state index in [9.17, 15) is 4.79 Å². The third-order valence-corrected chi connectivity index (χ3v) is 3.54. The molecule has 0 atom stereocenters. The van der Waals surface area contributed by atoms with Gasteiger partial charge < -0.3 is 21.1 Å². The van der Waals surface area contributed by atoms with Gasteiger partial charge in [-0.05, 0) is 31.0 Å². The molecule has 0 bridgehead atoms. The number of carbonyl (C=O) groups is 1. The summed E-state index contributed by atoms with van der Waals surface area (Å²) in [5.74, 6) is -0.442. The van der Waals surface area contributed by atoms with Gasteiger partial charge in [0, 0.05) is 25.3 Å². The first kappa shape index (κ1) is 16.3. The summed E-state index contributed by atoms with van der Waals surface area (Å²) in [6.45, 7) is 5.62. The second-order valence-corrected chi connectivity index (χ2v) is 4.79. The molecule has 1 amide bonds. The standard InChI is InChI=1S/C15H25N3O2/c1-4-12(5-2)18(8-9-20-3)14-10-11(15(17)19)6-7-13(14)16/h6-7,10,12H,4-5,8-9,16H2,1-3H3,(H2,17,19). The molecule has 5 nitrogen and oxygen atoms in total. The molecule has 4 N–H and O–H groups in total. The average molecular weight is 279 g/mol. The van der Waals surface area contributed by atoms with Gasteiger partial charge in [-0.3, -0.25) is 4.79 Å². The largest absolute Gasteiger partial charge is 0.397 e. The Morgan fingerprint density at radius 3 is 2.50 bits per heavy atom. The molecule has 0 saturated heterocycles. The molecule has 0 aromatic heterocycles. The average Bonchev–Trinajstić information content (AvgIpc) is 2.44. The molecule has 0 spiro atoms. The fourth-order valence-electron chi connectivity index (χ4n) is 2.36. The van der Waals surface area contributed by atoms with Crippen LogP contribution in [0.1, 0.15) is 37.0 Å². The Labute approximate surface area is 120 Å². The van der Waals surface area contributed by atoms with Crippen LogP contribution in [-0.2, 0) is 4.74 Å². The lowest BCUT2D eigenvalue weighted by molar-refractivity contribution is 0.100. The van der Waals surface area contributed by atoms with Crippen molar-refractivity contribution in [2.24, 2.45) is 5.73 Å². The topological polar surface area (TPSA) is 81.6 Å². The smallest absolute Gasteiger partial charge is 0.248 e. The van der Waals surface area contributed by atoms with Crippen molar-refractivity contribution in [2.75, 3.05) is 30.9 Å². The van der Waals surface area contributed by atoms with Gasteiger partial charge in [0.2, 0.25) is 5.91 Å². The zero-order valence-electron chi connectivity index (χ0n) is 12.6. The molecule has 0 radical (unpaired) electrons. The minimum atomic E-state index is -0.442. The quantitative estimate of drug-likeness (QED) is 0.713. The van der Waals surface area contributed by atoms with Gasteiger partial charge in [-0.1, -0.05) is 13.8 Å². The summed E-state index contributed by atoms with van der Waals surface area (Å²) in [7, 11) is 1.67. The van der Waals surface area contributed by atoms with E-state index in [1.807, 2.05) is 0 Å². The van der Waals surface area contributed by atoms with E-state index in [1.165, 1.54) is 0 Å². The molecule has 0 fully saturated rings. The fraction of sp³-hybridized carbons (Fsp3) is 0.533. The van der Waals surface area contributed by atoms with E-state index in [2.05, 4.69) is 18.7 Å². The first-order chi connectivity index (χ1) is 9.54. The van der Waals surface area contributed by atoms with Crippen LogP contribution in [0, 0.1) is 0 Å². The van der Waals surface area contributed by atoms with Crippen LogP contribution in [0.5, 0.6) is 0 Å². The number of benzene rings is 1. The van der Waals surface area contributed by atoms with Crippen LogP contribution in [0.3, 0.4) is 0 Å².